The number of nitrogens with one attached hydrogen (secondary N) is 1. The molecule has 1 amide bonds. The van der Waals surface area contributed by atoms with E-state index in [-0.39, 0.29) is 11.7 Å². The van der Waals surface area contributed by atoms with Gasteiger partial charge < -0.3 is 10.4 Å². The SMILES string of the molecule is Cc1cn2cc(C(=O)Nc3ccccc3O)nc2s1. The first-order valence-electron chi connectivity index (χ1n) is 5.68. The first-order valence-corrected chi connectivity index (χ1v) is 6.49. The summed E-state index contributed by atoms with van der Waals surface area (Å²) in [6, 6.07) is 6.59. The van der Waals surface area contributed by atoms with E-state index in [1.54, 1.807) is 24.4 Å². The number of rotatable bonds is 2. The number of benzene rings is 1. The van der Waals surface area contributed by atoms with Crippen molar-refractivity contribution in [1.82, 2.24) is 9.38 Å². The Morgan fingerprint density at radius 2 is 2.16 bits per heavy atom. The van der Waals surface area contributed by atoms with Gasteiger partial charge in [0.15, 0.2) is 4.96 Å². The van der Waals surface area contributed by atoms with Crippen molar-refractivity contribution >= 4 is 27.9 Å². The zero-order valence-electron chi connectivity index (χ0n) is 10.1. The van der Waals surface area contributed by atoms with Gasteiger partial charge in [0, 0.05) is 17.3 Å². The van der Waals surface area contributed by atoms with Crippen molar-refractivity contribution in [2.45, 2.75) is 6.92 Å². The molecular formula is C13H11N3O2S. The first-order chi connectivity index (χ1) is 9.13. The molecule has 19 heavy (non-hydrogen) atoms. The number of aromatic nitrogens is 2. The molecule has 2 heterocycles. The maximum Gasteiger partial charge on any atom is 0.276 e. The highest BCUT2D eigenvalue weighted by atomic mass is 32.1. The standard InChI is InChI=1S/C13H11N3O2S/c1-8-6-16-7-10(15-13(16)19-8)12(18)14-9-4-2-3-5-11(9)17/h2-7,17H,1H3,(H,14,18). The van der Waals surface area contributed by atoms with Gasteiger partial charge in [-0.3, -0.25) is 9.20 Å². The van der Waals surface area contributed by atoms with Crippen LogP contribution in [0.1, 0.15) is 15.4 Å². The lowest BCUT2D eigenvalue weighted by Crippen LogP contribution is -2.12. The van der Waals surface area contributed by atoms with Crippen LogP contribution >= 0.6 is 11.3 Å². The molecule has 0 bridgehead atoms. The van der Waals surface area contributed by atoms with Crippen LogP contribution in [0.3, 0.4) is 0 Å². The van der Waals surface area contributed by atoms with Gasteiger partial charge in [0.25, 0.3) is 5.91 Å². The Balaban J connectivity index is 1.87. The van der Waals surface area contributed by atoms with E-state index >= 15 is 0 Å². The second-order valence-electron chi connectivity index (χ2n) is 4.13. The Bertz CT molecular complexity index is 729. The van der Waals surface area contributed by atoms with Crippen LogP contribution < -0.4 is 5.32 Å². The number of fused-ring (bicyclic) bond motifs is 1. The molecule has 0 aliphatic carbocycles. The smallest absolute Gasteiger partial charge is 0.276 e. The molecule has 3 rings (SSSR count). The van der Waals surface area contributed by atoms with Crippen LogP contribution in [-0.2, 0) is 0 Å². The Kier molecular flexibility index (Phi) is 2.72. The summed E-state index contributed by atoms with van der Waals surface area (Å²) in [6.07, 6.45) is 3.60. The molecule has 2 aromatic heterocycles. The van der Waals surface area contributed by atoms with Crippen molar-refractivity contribution in [2.24, 2.45) is 0 Å². The number of phenolic OH excluding ortho intramolecular Hbond substituents is 1. The van der Waals surface area contributed by atoms with Crippen molar-refractivity contribution in [3.05, 3.63) is 47.2 Å². The molecule has 96 valence electrons. The number of para-hydroxylation sites is 2. The number of carbonyl (C=O) groups excluding carboxylic acids is 1. The summed E-state index contributed by atoms with van der Waals surface area (Å²) in [5, 5.41) is 12.2. The summed E-state index contributed by atoms with van der Waals surface area (Å²) in [5.41, 5.74) is 0.703. The van der Waals surface area contributed by atoms with Crippen LogP contribution in [0.4, 0.5) is 5.69 Å². The minimum Gasteiger partial charge on any atom is -0.506 e. The predicted molar refractivity (Wildman–Crippen MR) is 73.9 cm³/mol. The second kappa shape index (κ2) is 4.40. The van der Waals surface area contributed by atoms with E-state index in [9.17, 15) is 9.90 Å². The summed E-state index contributed by atoms with van der Waals surface area (Å²) < 4.78 is 1.82. The summed E-state index contributed by atoms with van der Waals surface area (Å²) >= 11 is 1.52. The molecule has 0 saturated heterocycles. The van der Waals surface area contributed by atoms with Gasteiger partial charge in [-0.2, -0.15) is 0 Å². The fourth-order valence-corrected chi connectivity index (χ4v) is 2.59. The summed E-state index contributed by atoms with van der Waals surface area (Å²) in [4.78, 5) is 18.2. The lowest BCUT2D eigenvalue weighted by molar-refractivity contribution is 0.102. The van der Waals surface area contributed by atoms with Gasteiger partial charge in [0.1, 0.15) is 11.4 Å². The molecule has 0 aliphatic heterocycles. The molecule has 0 fully saturated rings. The van der Waals surface area contributed by atoms with E-state index in [4.69, 9.17) is 0 Å². The maximum absolute atomic E-state index is 12.0. The van der Waals surface area contributed by atoms with E-state index in [1.165, 1.54) is 17.4 Å². The Morgan fingerprint density at radius 1 is 1.37 bits per heavy atom. The number of anilines is 1. The molecule has 0 radical (unpaired) electrons. The average Bonchev–Trinajstić information content (AvgIpc) is 2.89. The van der Waals surface area contributed by atoms with Gasteiger partial charge in [-0.15, -0.1) is 11.3 Å². The van der Waals surface area contributed by atoms with Gasteiger partial charge in [0.05, 0.1) is 5.69 Å². The number of carbonyl (C=O) groups is 1. The number of phenols is 1. The predicted octanol–water partition coefficient (Wildman–Crippen LogP) is 2.66. The zero-order chi connectivity index (χ0) is 13.4. The molecule has 0 atom stereocenters. The van der Waals surface area contributed by atoms with E-state index < -0.39 is 0 Å². The third-order valence-corrected chi connectivity index (χ3v) is 3.57. The van der Waals surface area contributed by atoms with Crippen molar-refractivity contribution in [3.8, 4) is 5.75 Å². The normalized spacial score (nSPS) is 10.8. The van der Waals surface area contributed by atoms with Crippen molar-refractivity contribution in [3.63, 3.8) is 0 Å². The van der Waals surface area contributed by atoms with E-state index in [0.717, 1.165) is 9.84 Å². The molecule has 6 heteroatoms. The molecule has 5 nitrogen and oxygen atoms in total. The third-order valence-electron chi connectivity index (χ3n) is 2.66. The minimum absolute atomic E-state index is 0.0349. The van der Waals surface area contributed by atoms with Crippen LogP contribution in [0.15, 0.2) is 36.7 Å². The maximum atomic E-state index is 12.0. The van der Waals surface area contributed by atoms with Crippen LogP contribution in [0.2, 0.25) is 0 Å². The highest BCUT2D eigenvalue weighted by molar-refractivity contribution is 7.17. The molecule has 0 spiro atoms. The van der Waals surface area contributed by atoms with E-state index in [2.05, 4.69) is 10.3 Å². The van der Waals surface area contributed by atoms with Gasteiger partial charge in [-0.25, -0.2) is 4.98 Å². The highest BCUT2D eigenvalue weighted by Gasteiger charge is 2.13. The minimum atomic E-state index is -0.338. The zero-order valence-corrected chi connectivity index (χ0v) is 10.9. The Labute approximate surface area is 113 Å². The Morgan fingerprint density at radius 3 is 2.89 bits per heavy atom. The van der Waals surface area contributed by atoms with Crippen LogP contribution in [0, 0.1) is 6.92 Å². The van der Waals surface area contributed by atoms with E-state index in [1.807, 2.05) is 17.5 Å². The molecular weight excluding hydrogens is 262 g/mol. The summed E-state index contributed by atoms with van der Waals surface area (Å²) in [6.45, 7) is 1.99. The largest absolute Gasteiger partial charge is 0.506 e. The fraction of sp³-hybridized carbons (Fsp3) is 0.0769. The van der Waals surface area contributed by atoms with Gasteiger partial charge in [-0.05, 0) is 19.1 Å². The van der Waals surface area contributed by atoms with E-state index in [0.29, 0.717) is 11.4 Å². The topological polar surface area (TPSA) is 66.6 Å². The average molecular weight is 273 g/mol. The van der Waals surface area contributed by atoms with Crippen molar-refractivity contribution in [2.75, 3.05) is 5.32 Å². The fourth-order valence-electron chi connectivity index (χ4n) is 1.79. The van der Waals surface area contributed by atoms with Crippen LogP contribution in [0.25, 0.3) is 4.96 Å². The molecule has 3 aromatic rings. The molecule has 0 saturated carbocycles. The molecule has 0 unspecified atom stereocenters. The molecule has 0 aliphatic rings. The number of imidazole rings is 1. The van der Waals surface area contributed by atoms with Crippen LogP contribution in [0.5, 0.6) is 5.75 Å². The summed E-state index contributed by atoms with van der Waals surface area (Å²) in [5.74, 6) is -0.303. The highest BCUT2D eigenvalue weighted by Crippen LogP contribution is 2.23. The number of nitrogens with zero attached hydrogens (tertiary/aromatic N) is 2. The van der Waals surface area contributed by atoms with Gasteiger partial charge >= 0.3 is 0 Å². The second-order valence-corrected chi connectivity index (χ2v) is 5.34. The number of hydrogen-bond acceptors (Lipinski definition) is 4. The number of hydrogen-bond donors (Lipinski definition) is 2. The van der Waals surface area contributed by atoms with Gasteiger partial charge in [0.2, 0.25) is 0 Å². The molecule has 1 aromatic carbocycles. The quantitative estimate of drug-likeness (QED) is 0.705. The number of thiazole rings is 1. The number of amides is 1. The van der Waals surface area contributed by atoms with Crippen molar-refractivity contribution in [1.29, 1.82) is 0 Å². The lowest BCUT2D eigenvalue weighted by Gasteiger charge is -2.04. The summed E-state index contributed by atoms with van der Waals surface area (Å²) in [7, 11) is 0. The van der Waals surface area contributed by atoms with Crippen LogP contribution in [-0.4, -0.2) is 20.4 Å². The number of aromatic hydroxyl groups is 1. The first kappa shape index (κ1) is 11.7. The van der Waals surface area contributed by atoms with Crippen molar-refractivity contribution < 1.29 is 9.90 Å². The Hall–Kier alpha value is -2.34. The van der Waals surface area contributed by atoms with Gasteiger partial charge in [-0.1, -0.05) is 12.1 Å². The monoisotopic (exact) mass is 273 g/mol. The number of aryl methyl sites for hydroxylation is 1. The molecule has 2 N–H and O–H groups in total. The third kappa shape index (κ3) is 2.17. The lowest BCUT2D eigenvalue weighted by atomic mass is 10.3.